The Labute approximate surface area is 155 Å². The van der Waals surface area contributed by atoms with E-state index in [9.17, 15) is 9.18 Å². The van der Waals surface area contributed by atoms with Gasteiger partial charge in [0, 0.05) is 13.1 Å². The molecule has 1 amide bonds. The Bertz CT molecular complexity index is 877. The van der Waals surface area contributed by atoms with Crippen LogP contribution in [0.3, 0.4) is 0 Å². The zero-order valence-corrected chi connectivity index (χ0v) is 16.3. The minimum Gasteiger partial charge on any atom is -0.308 e. The second-order valence-electron chi connectivity index (χ2n) is 5.47. The molecule has 4 nitrogen and oxygen atoms in total. The molecule has 1 aromatic carbocycles. The number of carbonyl (C=O) groups excluding carboxylic acids is 1. The molecule has 126 valence electrons. The van der Waals surface area contributed by atoms with Crippen molar-refractivity contribution < 1.29 is 9.18 Å². The molecule has 0 bridgehead atoms. The highest BCUT2D eigenvalue weighted by Crippen LogP contribution is 2.31. The van der Waals surface area contributed by atoms with Gasteiger partial charge in [-0.15, -0.1) is 11.3 Å². The predicted molar refractivity (Wildman–Crippen MR) is 102 cm³/mol. The maximum atomic E-state index is 13.4. The highest BCUT2D eigenvalue weighted by atomic mass is 79.9. The Morgan fingerprint density at radius 2 is 2.00 bits per heavy atom. The van der Waals surface area contributed by atoms with Gasteiger partial charge in [0.1, 0.15) is 5.82 Å². The van der Waals surface area contributed by atoms with Crippen LogP contribution >= 0.6 is 38.6 Å². The summed E-state index contributed by atoms with van der Waals surface area (Å²) in [5.41, 5.74) is 0.700. The van der Waals surface area contributed by atoms with Crippen LogP contribution in [0, 0.1) is 5.82 Å². The fourth-order valence-electron chi connectivity index (χ4n) is 2.15. The third kappa shape index (κ3) is 3.83. The molecule has 0 aliphatic heterocycles. The van der Waals surface area contributed by atoms with Crippen molar-refractivity contribution in [1.29, 1.82) is 0 Å². The Morgan fingerprint density at radius 3 is 2.67 bits per heavy atom. The molecule has 0 N–H and O–H groups in total. The van der Waals surface area contributed by atoms with Crippen molar-refractivity contribution in [3.8, 4) is 0 Å². The lowest BCUT2D eigenvalue weighted by molar-refractivity contribution is 0.0989. The van der Waals surface area contributed by atoms with Gasteiger partial charge in [0.05, 0.1) is 18.9 Å². The summed E-state index contributed by atoms with van der Waals surface area (Å²) < 4.78 is 15.1. The number of rotatable bonds is 5. The van der Waals surface area contributed by atoms with Gasteiger partial charge in [-0.2, -0.15) is 0 Å². The van der Waals surface area contributed by atoms with Crippen molar-refractivity contribution >= 4 is 59.9 Å². The van der Waals surface area contributed by atoms with Gasteiger partial charge in [-0.25, -0.2) is 9.37 Å². The number of carbonyl (C=O) groups is 1. The smallest absolute Gasteiger partial charge is 0.270 e. The fraction of sp³-hybridized carbons (Fsp3) is 0.250. The van der Waals surface area contributed by atoms with E-state index in [2.05, 4.69) is 20.9 Å². The summed E-state index contributed by atoms with van der Waals surface area (Å²) in [6.07, 6.45) is 0. The fourth-order valence-corrected chi connectivity index (χ4v) is 4.50. The van der Waals surface area contributed by atoms with E-state index in [-0.39, 0.29) is 11.7 Å². The Morgan fingerprint density at radius 1 is 1.21 bits per heavy atom. The molecule has 0 saturated heterocycles. The zero-order valence-electron chi connectivity index (χ0n) is 13.1. The summed E-state index contributed by atoms with van der Waals surface area (Å²) in [5, 5.41) is 0.590. The van der Waals surface area contributed by atoms with Crippen molar-refractivity contribution in [3.63, 3.8) is 0 Å². The highest BCUT2D eigenvalue weighted by molar-refractivity contribution is 9.11. The molecule has 0 atom stereocenters. The lowest BCUT2D eigenvalue weighted by atomic mass is 10.3. The molecule has 0 aliphatic rings. The third-order valence-electron chi connectivity index (χ3n) is 3.37. The first-order valence-corrected chi connectivity index (χ1v) is 9.64. The van der Waals surface area contributed by atoms with Crippen LogP contribution in [0.1, 0.15) is 9.67 Å². The molecule has 3 aromatic rings. The van der Waals surface area contributed by atoms with Crippen molar-refractivity contribution in [2.24, 2.45) is 0 Å². The predicted octanol–water partition coefficient (Wildman–Crippen LogP) is 4.47. The number of benzene rings is 1. The molecule has 3 rings (SSSR count). The van der Waals surface area contributed by atoms with Gasteiger partial charge in [-0.3, -0.25) is 9.69 Å². The van der Waals surface area contributed by atoms with E-state index in [1.165, 1.54) is 34.8 Å². The number of hydrogen-bond donors (Lipinski definition) is 0. The van der Waals surface area contributed by atoms with Crippen LogP contribution in [0.5, 0.6) is 0 Å². The van der Waals surface area contributed by atoms with Gasteiger partial charge >= 0.3 is 0 Å². The lowest BCUT2D eigenvalue weighted by Gasteiger charge is -2.21. The van der Waals surface area contributed by atoms with Crippen molar-refractivity contribution in [2.75, 3.05) is 32.1 Å². The second kappa shape index (κ2) is 7.26. The maximum Gasteiger partial charge on any atom is 0.270 e. The molecule has 8 heteroatoms. The molecule has 0 fully saturated rings. The number of thiophene rings is 1. The standard InChI is InChI=1S/C16H15BrFN3OS2/c1-20(2)7-8-21(15(22)12-5-6-14(17)23-12)16-19-11-4-3-10(18)9-13(11)24-16/h3-6,9H,7-8H2,1-2H3. The van der Waals surface area contributed by atoms with Crippen LogP contribution in [0.4, 0.5) is 9.52 Å². The summed E-state index contributed by atoms with van der Waals surface area (Å²) >= 11 is 6.11. The average Bonchev–Trinajstić information content (AvgIpc) is 3.12. The minimum absolute atomic E-state index is 0.0907. The zero-order chi connectivity index (χ0) is 17.3. The lowest BCUT2D eigenvalue weighted by Crippen LogP contribution is -2.36. The molecule has 2 aromatic heterocycles. The Hall–Kier alpha value is -1.35. The van der Waals surface area contributed by atoms with E-state index in [1.54, 1.807) is 17.0 Å². The van der Waals surface area contributed by atoms with Gasteiger partial charge in [-0.1, -0.05) is 11.3 Å². The van der Waals surface area contributed by atoms with Crippen LogP contribution in [-0.2, 0) is 0 Å². The summed E-state index contributed by atoms with van der Waals surface area (Å²) in [7, 11) is 3.91. The molecule has 24 heavy (non-hydrogen) atoms. The number of halogens is 2. The minimum atomic E-state index is -0.300. The van der Waals surface area contributed by atoms with E-state index < -0.39 is 0 Å². The first-order chi connectivity index (χ1) is 11.4. The second-order valence-corrected chi connectivity index (χ2v) is 8.94. The summed E-state index contributed by atoms with van der Waals surface area (Å²) in [4.78, 5) is 21.7. The number of amides is 1. The SMILES string of the molecule is CN(C)CCN(C(=O)c1ccc(Br)s1)c1nc2ccc(F)cc2s1. The van der Waals surface area contributed by atoms with Crippen LogP contribution < -0.4 is 4.90 Å². The third-order valence-corrected chi connectivity index (χ3v) is 6.02. The number of likely N-dealkylation sites (N-methyl/N-ethyl adjacent to an activating group) is 1. The Kier molecular flexibility index (Phi) is 5.29. The highest BCUT2D eigenvalue weighted by Gasteiger charge is 2.22. The van der Waals surface area contributed by atoms with Crippen molar-refractivity contribution in [1.82, 2.24) is 9.88 Å². The van der Waals surface area contributed by atoms with Gasteiger partial charge in [-0.05, 0) is 60.4 Å². The van der Waals surface area contributed by atoms with Crippen molar-refractivity contribution in [3.05, 3.63) is 44.8 Å². The van der Waals surface area contributed by atoms with E-state index in [0.29, 0.717) is 28.6 Å². The first-order valence-electron chi connectivity index (χ1n) is 7.22. The van der Waals surface area contributed by atoms with Gasteiger partial charge in [0.2, 0.25) is 0 Å². The molecule has 0 unspecified atom stereocenters. The summed E-state index contributed by atoms with van der Waals surface area (Å²) in [6.45, 7) is 1.23. The van der Waals surface area contributed by atoms with Gasteiger partial charge < -0.3 is 4.90 Å². The molecular formula is C16H15BrFN3OS2. The van der Waals surface area contributed by atoms with Gasteiger partial charge in [0.15, 0.2) is 5.13 Å². The van der Waals surface area contributed by atoms with Crippen LogP contribution in [0.2, 0.25) is 0 Å². The molecular weight excluding hydrogens is 413 g/mol. The van der Waals surface area contributed by atoms with Crippen molar-refractivity contribution in [2.45, 2.75) is 0 Å². The van der Waals surface area contributed by atoms with E-state index in [0.717, 1.165) is 8.49 Å². The summed E-state index contributed by atoms with van der Waals surface area (Å²) in [5.74, 6) is -0.391. The molecule has 0 radical (unpaired) electrons. The quantitative estimate of drug-likeness (QED) is 0.602. The van der Waals surface area contributed by atoms with E-state index in [4.69, 9.17) is 0 Å². The molecule has 0 aliphatic carbocycles. The number of anilines is 1. The normalized spacial score (nSPS) is 11.4. The summed E-state index contributed by atoms with van der Waals surface area (Å²) in [6, 6.07) is 8.13. The molecule has 0 saturated carbocycles. The van der Waals surface area contributed by atoms with E-state index >= 15 is 0 Å². The Balaban J connectivity index is 1.97. The number of nitrogens with zero attached hydrogens (tertiary/aromatic N) is 3. The number of aromatic nitrogens is 1. The molecule has 0 spiro atoms. The van der Waals surface area contributed by atoms with Crippen LogP contribution in [-0.4, -0.2) is 43.0 Å². The van der Waals surface area contributed by atoms with Crippen LogP contribution in [0.25, 0.3) is 10.2 Å². The average molecular weight is 428 g/mol. The number of hydrogen-bond acceptors (Lipinski definition) is 5. The number of fused-ring (bicyclic) bond motifs is 1. The van der Waals surface area contributed by atoms with E-state index in [1.807, 2.05) is 25.1 Å². The monoisotopic (exact) mass is 427 g/mol. The number of thiazole rings is 1. The van der Waals surface area contributed by atoms with Crippen LogP contribution in [0.15, 0.2) is 34.1 Å². The molecule has 2 heterocycles. The maximum absolute atomic E-state index is 13.4. The topological polar surface area (TPSA) is 36.4 Å². The largest absolute Gasteiger partial charge is 0.308 e. The first kappa shape index (κ1) is 17.5. The van der Waals surface area contributed by atoms with Gasteiger partial charge in [0.25, 0.3) is 5.91 Å².